The second kappa shape index (κ2) is 5.92. The molecule has 1 aliphatic rings. The summed E-state index contributed by atoms with van der Waals surface area (Å²) in [6, 6.07) is 7.85. The summed E-state index contributed by atoms with van der Waals surface area (Å²) in [6.07, 6.45) is 4.98. The van der Waals surface area contributed by atoms with Gasteiger partial charge in [-0.15, -0.1) is 0 Å². The Kier molecular flexibility index (Phi) is 3.60. The van der Waals surface area contributed by atoms with Crippen molar-refractivity contribution < 1.29 is 0 Å². The smallest absolute Gasteiger partial charge is 0.255 e. The van der Waals surface area contributed by atoms with Gasteiger partial charge in [0, 0.05) is 56.6 Å². The maximum absolute atomic E-state index is 11.8. The summed E-state index contributed by atoms with van der Waals surface area (Å²) in [5, 5.41) is 1.05. The molecule has 0 unspecified atom stereocenters. The molecular formula is C17H18N6O. The number of fused-ring (bicyclic) bond motifs is 1. The highest BCUT2D eigenvalue weighted by molar-refractivity contribution is 5.81. The Morgan fingerprint density at radius 3 is 2.58 bits per heavy atom. The van der Waals surface area contributed by atoms with Crippen LogP contribution in [0.2, 0.25) is 0 Å². The molecule has 1 fully saturated rings. The Labute approximate surface area is 139 Å². The second-order valence-corrected chi connectivity index (χ2v) is 5.94. The van der Waals surface area contributed by atoms with Crippen LogP contribution < -0.4 is 15.4 Å². The summed E-state index contributed by atoms with van der Waals surface area (Å²) in [5.41, 5.74) is 2.10. The molecule has 0 spiro atoms. The standard InChI is InChI=1S/C17H18N6O/c1-21-12-20-16(9-17(21)24)23-6-4-22(5-7-23)14-2-3-15-13(8-14)10-18-11-19-15/h2-3,8-12H,4-7H2,1H3. The SMILES string of the molecule is Cn1cnc(N2CCN(c3ccc4ncncc4c3)CC2)cc1=O. The van der Waals surface area contributed by atoms with Crippen LogP contribution in [0.4, 0.5) is 11.5 Å². The largest absolute Gasteiger partial charge is 0.368 e. The van der Waals surface area contributed by atoms with Crippen LogP contribution in [-0.2, 0) is 7.05 Å². The molecule has 0 radical (unpaired) electrons. The van der Waals surface area contributed by atoms with Crippen molar-refractivity contribution in [3.63, 3.8) is 0 Å². The van der Waals surface area contributed by atoms with E-state index in [4.69, 9.17) is 0 Å². The van der Waals surface area contributed by atoms with Gasteiger partial charge in [0.1, 0.15) is 12.1 Å². The summed E-state index contributed by atoms with van der Waals surface area (Å²) < 4.78 is 1.48. The molecule has 2 aromatic heterocycles. The Morgan fingerprint density at radius 2 is 1.79 bits per heavy atom. The number of aromatic nitrogens is 4. The monoisotopic (exact) mass is 322 g/mol. The fraction of sp³-hybridized carbons (Fsp3) is 0.294. The first kappa shape index (κ1) is 14.6. The maximum Gasteiger partial charge on any atom is 0.255 e. The van der Waals surface area contributed by atoms with Gasteiger partial charge in [-0.1, -0.05) is 0 Å². The minimum absolute atomic E-state index is 0.0306. The first-order valence-corrected chi connectivity index (χ1v) is 7.93. The van der Waals surface area contributed by atoms with Crippen molar-refractivity contribution in [2.24, 2.45) is 7.05 Å². The molecule has 24 heavy (non-hydrogen) atoms. The number of piperazine rings is 1. The van der Waals surface area contributed by atoms with E-state index in [1.165, 1.54) is 10.3 Å². The Bertz CT molecular complexity index is 930. The first-order chi connectivity index (χ1) is 11.7. The van der Waals surface area contributed by atoms with Crippen molar-refractivity contribution in [2.75, 3.05) is 36.0 Å². The quantitative estimate of drug-likeness (QED) is 0.702. The lowest BCUT2D eigenvalue weighted by Crippen LogP contribution is -2.47. The van der Waals surface area contributed by atoms with E-state index in [2.05, 4.69) is 36.9 Å². The molecule has 0 atom stereocenters. The van der Waals surface area contributed by atoms with Crippen molar-refractivity contribution >= 4 is 22.4 Å². The van der Waals surface area contributed by atoms with Crippen molar-refractivity contribution in [3.05, 3.63) is 53.5 Å². The maximum atomic E-state index is 11.8. The fourth-order valence-electron chi connectivity index (χ4n) is 2.99. The molecule has 122 valence electrons. The number of aryl methyl sites for hydroxylation is 1. The molecule has 7 nitrogen and oxygen atoms in total. The van der Waals surface area contributed by atoms with Gasteiger partial charge in [0.15, 0.2) is 0 Å². The third-order valence-electron chi connectivity index (χ3n) is 4.42. The van der Waals surface area contributed by atoms with E-state index >= 15 is 0 Å². The van der Waals surface area contributed by atoms with Crippen LogP contribution in [0, 0.1) is 0 Å². The molecule has 0 bridgehead atoms. The lowest BCUT2D eigenvalue weighted by molar-refractivity contribution is 0.643. The van der Waals surface area contributed by atoms with Gasteiger partial charge < -0.3 is 14.4 Å². The lowest BCUT2D eigenvalue weighted by atomic mass is 10.2. The number of hydrogen-bond acceptors (Lipinski definition) is 6. The van der Waals surface area contributed by atoms with Gasteiger partial charge in [-0.25, -0.2) is 15.0 Å². The van der Waals surface area contributed by atoms with E-state index in [9.17, 15) is 4.79 Å². The third kappa shape index (κ3) is 2.68. The highest BCUT2D eigenvalue weighted by Gasteiger charge is 2.19. The first-order valence-electron chi connectivity index (χ1n) is 7.93. The van der Waals surface area contributed by atoms with Crippen molar-refractivity contribution in [1.82, 2.24) is 19.5 Å². The Morgan fingerprint density at radius 1 is 1.00 bits per heavy atom. The average Bonchev–Trinajstić information content (AvgIpc) is 2.64. The summed E-state index contributed by atoms with van der Waals surface area (Å²) >= 11 is 0. The highest BCUT2D eigenvalue weighted by atomic mass is 16.1. The van der Waals surface area contributed by atoms with E-state index < -0.39 is 0 Å². The molecule has 1 aliphatic heterocycles. The van der Waals surface area contributed by atoms with Crippen molar-refractivity contribution in [3.8, 4) is 0 Å². The molecule has 1 aromatic carbocycles. The van der Waals surface area contributed by atoms with E-state index in [-0.39, 0.29) is 5.56 Å². The van der Waals surface area contributed by atoms with Crippen LogP contribution in [0.1, 0.15) is 0 Å². The van der Waals surface area contributed by atoms with Crippen LogP contribution in [-0.4, -0.2) is 45.7 Å². The average molecular weight is 322 g/mol. The molecule has 3 heterocycles. The minimum atomic E-state index is -0.0306. The molecule has 7 heteroatoms. The zero-order valence-electron chi connectivity index (χ0n) is 13.5. The molecule has 0 N–H and O–H groups in total. The number of rotatable bonds is 2. The molecule has 0 amide bonds. The molecular weight excluding hydrogens is 304 g/mol. The lowest BCUT2D eigenvalue weighted by Gasteiger charge is -2.36. The highest BCUT2D eigenvalue weighted by Crippen LogP contribution is 2.22. The van der Waals surface area contributed by atoms with Gasteiger partial charge in [-0.3, -0.25) is 4.79 Å². The van der Waals surface area contributed by atoms with Crippen LogP contribution in [0.5, 0.6) is 0 Å². The van der Waals surface area contributed by atoms with Crippen molar-refractivity contribution in [1.29, 1.82) is 0 Å². The van der Waals surface area contributed by atoms with Gasteiger partial charge in [-0.05, 0) is 18.2 Å². The minimum Gasteiger partial charge on any atom is -0.368 e. The van der Waals surface area contributed by atoms with E-state index in [1.54, 1.807) is 25.8 Å². The van der Waals surface area contributed by atoms with Crippen molar-refractivity contribution in [2.45, 2.75) is 0 Å². The summed E-state index contributed by atoms with van der Waals surface area (Å²) in [7, 11) is 1.71. The summed E-state index contributed by atoms with van der Waals surface area (Å²) in [4.78, 5) is 29.0. The topological polar surface area (TPSA) is 67.2 Å². The zero-order valence-corrected chi connectivity index (χ0v) is 13.5. The van der Waals surface area contributed by atoms with Gasteiger partial charge in [0.25, 0.3) is 5.56 Å². The Balaban J connectivity index is 1.50. The normalized spacial score (nSPS) is 15.0. The zero-order chi connectivity index (χ0) is 16.5. The molecule has 0 aliphatic carbocycles. The predicted molar refractivity (Wildman–Crippen MR) is 93.4 cm³/mol. The molecule has 3 aromatic rings. The van der Waals surface area contributed by atoms with E-state index in [1.807, 2.05) is 12.3 Å². The van der Waals surface area contributed by atoms with Gasteiger partial charge in [-0.2, -0.15) is 0 Å². The van der Waals surface area contributed by atoms with E-state index in [0.717, 1.165) is 42.9 Å². The third-order valence-corrected chi connectivity index (χ3v) is 4.42. The molecule has 4 rings (SSSR count). The summed E-state index contributed by atoms with van der Waals surface area (Å²) in [6.45, 7) is 3.44. The fourth-order valence-corrected chi connectivity index (χ4v) is 2.99. The number of benzene rings is 1. The number of anilines is 2. The van der Waals surface area contributed by atoms with Crippen LogP contribution in [0.15, 0.2) is 47.9 Å². The van der Waals surface area contributed by atoms with Gasteiger partial charge >= 0.3 is 0 Å². The Hall–Kier alpha value is -2.96. The van der Waals surface area contributed by atoms with E-state index in [0.29, 0.717) is 0 Å². The van der Waals surface area contributed by atoms with Crippen LogP contribution in [0.25, 0.3) is 10.9 Å². The number of hydrogen-bond donors (Lipinski definition) is 0. The predicted octanol–water partition coefficient (Wildman–Crippen LogP) is 1.05. The van der Waals surface area contributed by atoms with Crippen LogP contribution >= 0.6 is 0 Å². The van der Waals surface area contributed by atoms with Gasteiger partial charge in [0.05, 0.1) is 11.8 Å². The molecule has 0 saturated carbocycles. The molecule has 1 saturated heterocycles. The summed E-state index contributed by atoms with van der Waals surface area (Å²) in [5.74, 6) is 0.754. The van der Waals surface area contributed by atoms with Crippen LogP contribution in [0.3, 0.4) is 0 Å². The second-order valence-electron chi connectivity index (χ2n) is 5.94. The van der Waals surface area contributed by atoms with Gasteiger partial charge in [0.2, 0.25) is 0 Å². The number of nitrogens with zero attached hydrogens (tertiary/aromatic N) is 6.